The molecule has 0 aliphatic carbocycles. The van der Waals surface area contributed by atoms with Crippen LogP contribution >= 0.6 is 0 Å². The van der Waals surface area contributed by atoms with Crippen LogP contribution in [0.2, 0.25) is 0 Å². The van der Waals surface area contributed by atoms with Gasteiger partial charge in [-0.15, -0.1) is 0 Å². The van der Waals surface area contributed by atoms with Gasteiger partial charge in [0.05, 0.1) is 19.8 Å². The van der Waals surface area contributed by atoms with Crippen LogP contribution in [0.4, 0.5) is 0 Å². The number of rotatable bonds is 7. The molecule has 0 aromatic heterocycles. The van der Waals surface area contributed by atoms with Crippen molar-refractivity contribution in [2.45, 2.75) is 26.4 Å². The smallest absolute Gasteiger partial charge is 0.124 e. The molecule has 0 aliphatic heterocycles. The summed E-state index contributed by atoms with van der Waals surface area (Å²) in [4.78, 5) is 2.02. The molecule has 0 amide bonds. The first-order valence-corrected chi connectivity index (χ1v) is 6.59. The molecule has 0 saturated carbocycles. The maximum absolute atomic E-state index is 9.37. The second-order valence-electron chi connectivity index (χ2n) is 5.11. The van der Waals surface area contributed by atoms with E-state index in [1.807, 2.05) is 11.9 Å². The van der Waals surface area contributed by atoms with Gasteiger partial charge in [-0.2, -0.15) is 0 Å². The third kappa shape index (κ3) is 4.82. The molecule has 1 aromatic rings. The van der Waals surface area contributed by atoms with Gasteiger partial charge in [0.1, 0.15) is 5.75 Å². The predicted molar refractivity (Wildman–Crippen MR) is 76.8 cm³/mol. The fourth-order valence-corrected chi connectivity index (χ4v) is 2.34. The Morgan fingerprint density at radius 3 is 2.32 bits per heavy atom. The number of ether oxygens (including phenoxy) is 1. The molecule has 0 saturated heterocycles. The molecule has 1 unspecified atom stereocenters. The second kappa shape index (κ2) is 7.48. The lowest BCUT2D eigenvalue weighted by Gasteiger charge is -2.19. The molecular weight excluding hydrogens is 242 g/mol. The lowest BCUT2D eigenvalue weighted by atomic mass is 10.0. The van der Waals surface area contributed by atoms with E-state index < -0.39 is 6.10 Å². The number of methoxy groups -OCH3 is 1. The van der Waals surface area contributed by atoms with Crippen molar-refractivity contribution in [2.75, 3.05) is 33.9 Å². The van der Waals surface area contributed by atoms with E-state index >= 15 is 0 Å². The van der Waals surface area contributed by atoms with E-state index in [2.05, 4.69) is 26.0 Å². The fraction of sp³-hybridized carbons (Fsp3) is 0.600. The highest BCUT2D eigenvalue weighted by atomic mass is 16.5. The Balaban J connectivity index is 2.59. The molecule has 1 rings (SSSR count). The monoisotopic (exact) mass is 267 g/mol. The summed E-state index contributed by atoms with van der Waals surface area (Å²) in [7, 11) is 3.64. The minimum Gasteiger partial charge on any atom is -0.496 e. The standard InChI is InChI=1S/C15H25NO3/c1-11-7-13(8-12(2)15(11)19-4)5-6-16(3)9-14(18)10-17/h7-8,14,17-18H,5-6,9-10H2,1-4H3. The highest BCUT2D eigenvalue weighted by Crippen LogP contribution is 2.24. The number of aliphatic hydroxyl groups excluding tert-OH is 2. The van der Waals surface area contributed by atoms with Gasteiger partial charge in [0.25, 0.3) is 0 Å². The molecule has 0 aliphatic rings. The molecule has 4 nitrogen and oxygen atoms in total. The minimum absolute atomic E-state index is 0.189. The van der Waals surface area contributed by atoms with Crippen molar-refractivity contribution in [3.05, 3.63) is 28.8 Å². The fourth-order valence-electron chi connectivity index (χ4n) is 2.34. The molecule has 2 N–H and O–H groups in total. The first-order chi connectivity index (χ1) is 8.97. The topological polar surface area (TPSA) is 52.9 Å². The van der Waals surface area contributed by atoms with E-state index in [1.165, 1.54) is 5.56 Å². The molecule has 0 spiro atoms. The van der Waals surface area contributed by atoms with E-state index in [1.54, 1.807) is 7.11 Å². The average Bonchev–Trinajstić information content (AvgIpc) is 2.36. The normalized spacial score (nSPS) is 12.8. The van der Waals surface area contributed by atoms with Crippen LogP contribution in [-0.2, 0) is 6.42 Å². The summed E-state index contributed by atoms with van der Waals surface area (Å²) < 4.78 is 5.35. The van der Waals surface area contributed by atoms with Crippen LogP contribution in [0.25, 0.3) is 0 Å². The summed E-state index contributed by atoms with van der Waals surface area (Å²) in [6, 6.07) is 4.28. The van der Waals surface area contributed by atoms with E-state index in [9.17, 15) is 5.11 Å². The highest BCUT2D eigenvalue weighted by Gasteiger charge is 2.09. The molecule has 0 fully saturated rings. The van der Waals surface area contributed by atoms with Gasteiger partial charge in [-0.1, -0.05) is 12.1 Å². The van der Waals surface area contributed by atoms with Crippen LogP contribution in [-0.4, -0.2) is 55.1 Å². The molecule has 0 bridgehead atoms. The van der Waals surface area contributed by atoms with Gasteiger partial charge in [0.15, 0.2) is 0 Å². The highest BCUT2D eigenvalue weighted by molar-refractivity contribution is 5.43. The van der Waals surface area contributed by atoms with E-state index in [0.717, 1.165) is 29.8 Å². The third-order valence-corrected chi connectivity index (χ3v) is 3.24. The van der Waals surface area contributed by atoms with Gasteiger partial charge in [-0.05, 0) is 44.0 Å². The van der Waals surface area contributed by atoms with E-state index in [-0.39, 0.29) is 6.61 Å². The SMILES string of the molecule is COc1c(C)cc(CCN(C)CC(O)CO)cc1C. The number of benzene rings is 1. The van der Waals surface area contributed by atoms with Crippen molar-refractivity contribution < 1.29 is 14.9 Å². The van der Waals surface area contributed by atoms with Gasteiger partial charge in [-0.3, -0.25) is 0 Å². The summed E-state index contributed by atoms with van der Waals surface area (Å²) in [5.41, 5.74) is 3.56. The Morgan fingerprint density at radius 2 is 1.84 bits per heavy atom. The van der Waals surface area contributed by atoms with Crippen molar-refractivity contribution in [3.63, 3.8) is 0 Å². The van der Waals surface area contributed by atoms with Gasteiger partial charge in [-0.25, -0.2) is 0 Å². The number of hydrogen-bond acceptors (Lipinski definition) is 4. The summed E-state index contributed by atoms with van der Waals surface area (Å²) in [5, 5.41) is 18.2. The summed E-state index contributed by atoms with van der Waals surface area (Å²) in [5.74, 6) is 0.952. The first kappa shape index (κ1) is 16.0. The Kier molecular flexibility index (Phi) is 6.28. The number of aryl methyl sites for hydroxylation is 2. The zero-order valence-electron chi connectivity index (χ0n) is 12.3. The van der Waals surface area contributed by atoms with Crippen LogP contribution < -0.4 is 4.74 Å². The van der Waals surface area contributed by atoms with Crippen LogP contribution in [0.15, 0.2) is 12.1 Å². The lowest BCUT2D eigenvalue weighted by Crippen LogP contribution is -2.32. The quantitative estimate of drug-likeness (QED) is 0.778. The zero-order chi connectivity index (χ0) is 14.4. The summed E-state index contributed by atoms with van der Waals surface area (Å²) in [6.07, 6.45) is 0.254. The molecule has 0 radical (unpaired) electrons. The van der Waals surface area contributed by atoms with Gasteiger partial charge >= 0.3 is 0 Å². The Bertz CT molecular complexity index is 383. The predicted octanol–water partition coefficient (Wildman–Crippen LogP) is 1.14. The largest absolute Gasteiger partial charge is 0.496 e. The van der Waals surface area contributed by atoms with Gasteiger partial charge < -0.3 is 19.8 Å². The minimum atomic E-state index is -0.663. The zero-order valence-corrected chi connectivity index (χ0v) is 12.3. The molecular formula is C15H25NO3. The van der Waals surface area contributed by atoms with Crippen LogP contribution in [0.5, 0.6) is 5.75 Å². The van der Waals surface area contributed by atoms with Crippen molar-refractivity contribution in [1.82, 2.24) is 4.90 Å². The maximum Gasteiger partial charge on any atom is 0.124 e. The van der Waals surface area contributed by atoms with E-state index in [0.29, 0.717) is 6.54 Å². The van der Waals surface area contributed by atoms with Gasteiger partial charge in [0, 0.05) is 13.1 Å². The Hall–Kier alpha value is -1.10. The molecule has 19 heavy (non-hydrogen) atoms. The third-order valence-electron chi connectivity index (χ3n) is 3.24. The van der Waals surface area contributed by atoms with Gasteiger partial charge in [0.2, 0.25) is 0 Å². The summed E-state index contributed by atoms with van der Waals surface area (Å²) >= 11 is 0. The van der Waals surface area contributed by atoms with Crippen LogP contribution in [0.1, 0.15) is 16.7 Å². The Morgan fingerprint density at radius 1 is 1.26 bits per heavy atom. The molecule has 1 aromatic carbocycles. The van der Waals surface area contributed by atoms with Crippen molar-refractivity contribution in [3.8, 4) is 5.75 Å². The molecule has 1 atom stereocenters. The number of nitrogens with zero attached hydrogens (tertiary/aromatic N) is 1. The molecule has 0 heterocycles. The number of hydrogen-bond donors (Lipinski definition) is 2. The van der Waals surface area contributed by atoms with Crippen LogP contribution in [0, 0.1) is 13.8 Å². The van der Waals surface area contributed by atoms with E-state index in [4.69, 9.17) is 9.84 Å². The second-order valence-corrected chi connectivity index (χ2v) is 5.11. The molecule has 4 heteroatoms. The van der Waals surface area contributed by atoms with Crippen molar-refractivity contribution in [2.24, 2.45) is 0 Å². The average molecular weight is 267 g/mol. The van der Waals surface area contributed by atoms with Crippen molar-refractivity contribution >= 4 is 0 Å². The number of likely N-dealkylation sites (N-methyl/N-ethyl adjacent to an activating group) is 1. The lowest BCUT2D eigenvalue weighted by molar-refractivity contribution is 0.0669. The summed E-state index contributed by atoms with van der Waals surface area (Å²) in [6.45, 7) is 5.25. The van der Waals surface area contributed by atoms with Crippen molar-refractivity contribution in [1.29, 1.82) is 0 Å². The number of aliphatic hydroxyl groups is 2. The maximum atomic E-state index is 9.37. The first-order valence-electron chi connectivity index (χ1n) is 6.59. The Labute approximate surface area is 115 Å². The molecule has 108 valence electrons. The van der Waals surface area contributed by atoms with Crippen LogP contribution in [0.3, 0.4) is 0 Å².